The highest BCUT2D eigenvalue weighted by molar-refractivity contribution is 6.63. The van der Waals surface area contributed by atoms with Crippen molar-refractivity contribution in [3.8, 4) is 0 Å². The van der Waals surface area contributed by atoms with Crippen LogP contribution in [0.1, 0.15) is 37.7 Å². The average Bonchev–Trinajstić information content (AvgIpc) is 2.30. The van der Waals surface area contributed by atoms with E-state index in [0.717, 1.165) is 18.4 Å². The number of rotatable bonds is 5. The van der Waals surface area contributed by atoms with Crippen molar-refractivity contribution in [1.29, 1.82) is 0 Å². The van der Waals surface area contributed by atoms with Crippen LogP contribution in [0, 0.1) is 5.82 Å². The number of alkyl halides is 2. The van der Waals surface area contributed by atoms with E-state index >= 15 is 0 Å². The maximum absolute atomic E-state index is 12.7. The molecule has 5 heteroatoms. The van der Waals surface area contributed by atoms with Gasteiger partial charge in [-0.1, -0.05) is 25.5 Å². The number of hydrogen-bond acceptors (Lipinski definition) is 1. The molecule has 0 N–H and O–H groups in total. The maximum atomic E-state index is 12.7. The molecule has 102 valence electrons. The lowest BCUT2D eigenvalue weighted by Crippen LogP contribution is -2.02. The molecule has 0 aliphatic heterocycles. The largest absolute Gasteiger partial charge is 0.281 e. The normalized spacial score (nSPS) is 11.4. The van der Waals surface area contributed by atoms with Crippen LogP contribution in [0.3, 0.4) is 0 Å². The van der Waals surface area contributed by atoms with Gasteiger partial charge in [-0.25, -0.2) is 4.39 Å². The predicted molar refractivity (Wildman–Crippen MR) is 76.1 cm³/mol. The summed E-state index contributed by atoms with van der Waals surface area (Å²) >= 11 is 14.9. The summed E-state index contributed by atoms with van der Waals surface area (Å²) in [6.45, 7) is 2.05. The van der Waals surface area contributed by atoms with Crippen molar-refractivity contribution in [2.45, 2.75) is 32.1 Å². The Labute approximate surface area is 122 Å². The Balaban J connectivity index is 0.000000873. The summed E-state index contributed by atoms with van der Waals surface area (Å²) in [5, 5.41) is -0.141. The predicted octanol–water partition coefficient (Wildman–Crippen LogP) is 5.29. The van der Waals surface area contributed by atoms with Crippen molar-refractivity contribution in [3.05, 3.63) is 35.6 Å². The van der Waals surface area contributed by atoms with Crippen LogP contribution in [0.2, 0.25) is 0 Å². The molecule has 0 amide bonds. The second-order valence-electron chi connectivity index (χ2n) is 3.70. The SMILES string of the molecule is CCCC(CC(=O)Cl)c1ccc(F)cc1.ClCCl. The van der Waals surface area contributed by atoms with Gasteiger partial charge in [-0.05, 0) is 41.6 Å². The minimum Gasteiger partial charge on any atom is -0.281 e. The molecule has 0 saturated carbocycles. The molecule has 0 radical (unpaired) electrons. The summed E-state index contributed by atoms with van der Waals surface area (Å²) in [4.78, 5) is 10.9. The molecule has 0 spiro atoms. The molecule has 18 heavy (non-hydrogen) atoms. The molecule has 0 bridgehead atoms. The highest BCUT2D eigenvalue weighted by atomic mass is 35.5. The molecular weight excluding hydrogens is 297 g/mol. The van der Waals surface area contributed by atoms with Crippen LogP contribution in [0.25, 0.3) is 0 Å². The minimum absolute atomic E-state index is 0.112. The highest BCUT2D eigenvalue weighted by Crippen LogP contribution is 2.25. The molecule has 0 aliphatic rings. The van der Waals surface area contributed by atoms with Crippen LogP contribution in [0.15, 0.2) is 24.3 Å². The Kier molecular flexibility index (Phi) is 10.4. The summed E-state index contributed by atoms with van der Waals surface area (Å²) in [5.41, 5.74) is 0.979. The second kappa shape index (κ2) is 10.6. The average molecular weight is 314 g/mol. The summed E-state index contributed by atoms with van der Waals surface area (Å²) in [5.74, 6) is -0.146. The first-order valence-electron chi connectivity index (χ1n) is 5.60. The van der Waals surface area contributed by atoms with Crippen molar-refractivity contribution < 1.29 is 9.18 Å². The molecule has 1 aromatic rings. The molecule has 1 unspecified atom stereocenters. The van der Waals surface area contributed by atoms with Crippen LogP contribution >= 0.6 is 34.8 Å². The van der Waals surface area contributed by atoms with E-state index in [4.69, 9.17) is 34.8 Å². The van der Waals surface area contributed by atoms with Gasteiger partial charge in [-0.3, -0.25) is 4.79 Å². The first-order chi connectivity index (χ1) is 8.54. The van der Waals surface area contributed by atoms with Crippen LogP contribution in [-0.4, -0.2) is 10.6 Å². The lowest BCUT2D eigenvalue weighted by molar-refractivity contribution is -0.112. The molecule has 1 aromatic carbocycles. The summed E-state index contributed by atoms with van der Waals surface area (Å²) in [7, 11) is 0. The van der Waals surface area contributed by atoms with Crippen molar-refractivity contribution in [2.24, 2.45) is 0 Å². The Morgan fingerprint density at radius 1 is 1.28 bits per heavy atom. The fraction of sp³-hybridized carbons (Fsp3) is 0.462. The molecule has 0 aliphatic carbocycles. The molecule has 1 atom stereocenters. The maximum Gasteiger partial charge on any atom is 0.222 e. The van der Waals surface area contributed by atoms with Gasteiger partial charge in [0.05, 0.1) is 5.34 Å². The molecule has 0 saturated heterocycles. The van der Waals surface area contributed by atoms with Gasteiger partial charge in [-0.15, -0.1) is 23.2 Å². The zero-order valence-electron chi connectivity index (χ0n) is 10.1. The lowest BCUT2D eigenvalue weighted by atomic mass is 9.92. The smallest absolute Gasteiger partial charge is 0.222 e. The standard InChI is InChI=1S/C12H14ClFO.CH2Cl2/c1-2-3-10(8-12(13)15)9-4-6-11(14)7-5-9;2-1-3/h4-7,10H,2-3,8H2,1H3;1H2. The van der Waals surface area contributed by atoms with Gasteiger partial charge in [0.25, 0.3) is 0 Å². The lowest BCUT2D eigenvalue weighted by Gasteiger charge is -2.14. The third-order valence-electron chi connectivity index (χ3n) is 2.39. The summed E-state index contributed by atoms with van der Waals surface area (Å²) in [6.07, 6.45) is 2.19. The Morgan fingerprint density at radius 3 is 2.17 bits per heavy atom. The highest BCUT2D eigenvalue weighted by Gasteiger charge is 2.13. The van der Waals surface area contributed by atoms with Crippen LogP contribution in [-0.2, 0) is 4.79 Å². The fourth-order valence-corrected chi connectivity index (χ4v) is 1.85. The van der Waals surface area contributed by atoms with Crippen LogP contribution < -0.4 is 0 Å². The Hall–Kier alpha value is -0.310. The van der Waals surface area contributed by atoms with E-state index in [1.165, 1.54) is 12.1 Å². The van der Waals surface area contributed by atoms with Crippen molar-refractivity contribution in [1.82, 2.24) is 0 Å². The van der Waals surface area contributed by atoms with Crippen LogP contribution in [0.4, 0.5) is 4.39 Å². The van der Waals surface area contributed by atoms with E-state index < -0.39 is 0 Å². The Bertz CT molecular complexity index is 341. The van der Waals surface area contributed by atoms with Gasteiger partial charge in [0.1, 0.15) is 5.82 Å². The van der Waals surface area contributed by atoms with E-state index in [-0.39, 0.29) is 22.3 Å². The van der Waals surface area contributed by atoms with E-state index in [9.17, 15) is 9.18 Å². The van der Waals surface area contributed by atoms with Crippen molar-refractivity contribution in [2.75, 3.05) is 5.34 Å². The van der Waals surface area contributed by atoms with E-state index in [1.54, 1.807) is 12.1 Å². The van der Waals surface area contributed by atoms with E-state index in [1.807, 2.05) is 0 Å². The van der Waals surface area contributed by atoms with Gasteiger partial charge in [-0.2, -0.15) is 0 Å². The van der Waals surface area contributed by atoms with Crippen LogP contribution in [0.5, 0.6) is 0 Å². The number of benzene rings is 1. The zero-order valence-corrected chi connectivity index (χ0v) is 12.4. The summed E-state index contributed by atoms with van der Waals surface area (Å²) < 4.78 is 12.7. The molecule has 0 aromatic heterocycles. The van der Waals surface area contributed by atoms with E-state index in [0.29, 0.717) is 6.42 Å². The second-order valence-corrected chi connectivity index (χ2v) is 4.93. The number of carbonyl (C=O) groups is 1. The van der Waals surface area contributed by atoms with Gasteiger partial charge in [0.2, 0.25) is 5.24 Å². The van der Waals surface area contributed by atoms with Gasteiger partial charge < -0.3 is 0 Å². The third kappa shape index (κ3) is 7.91. The number of halogens is 4. The number of carbonyl (C=O) groups excluding carboxylic acids is 1. The molecule has 0 heterocycles. The fourth-order valence-electron chi connectivity index (χ4n) is 1.66. The van der Waals surface area contributed by atoms with Gasteiger partial charge >= 0.3 is 0 Å². The first kappa shape index (κ1) is 17.7. The van der Waals surface area contributed by atoms with E-state index in [2.05, 4.69) is 6.92 Å². The molecular formula is C13H16Cl3FO. The quantitative estimate of drug-likeness (QED) is 0.533. The molecule has 1 rings (SSSR count). The monoisotopic (exact) mass is 312 g/mol. The molecule has 0 fully saturated rings. The molecule has 1 nitrogen and oxygen atoms in total. The Morgan fingerprint density at radius 2 is 1.78 bits per heavy atom. The minimum atomic E-state index is -0.335. The van der Waals surface area contributed by atoms with Gasteiger partial charge in [0, 0.05) is 6.42 Å². The topological polar surface area (TPSA) is 17.1 Å². The number of hydrogen-bond donors (Lipinski definition) is 0. The van der Waals surface area contributed by atoms with Gasteiger partial charge in [0.15, 0.2) is 0 Å². The third-order valence-corrected chi connectivity index (χ3v) is 2.54. The first-order valence-corrected chi connectivity index (χ1v) is 7.05. The van der Waals surface area contributed by atoms with Crippen molar-refractivity contribution >= 4 is 40.0 Å². The zero-order chi connectivity index (χ0) is 14.0. The summed E-state index contributed by atoms with van der Waals surface area (Å²) in [6, 6.07) is 6.26. The van der Waals surface area contributed by atoms with Crippen molar-refractivity contribution in [3.63, 3.8) is 0 Å².